The number of rotatable bonds is 5. The lowest BCUT2D eigenvalue weighted by Crippen LogP contribution is -2.37. The Labute approximate surface area is 167 Å². The fourth-order valence-corrected chi connectivity index (χ4v) is 2.97. The third-order valence-electron chi connectivity index (χ3n) is 4.45. The van der Waals surface area contributed by atoms with Crippen LogP contribution in [0.4, 0.5) is 38.1 Å². The van der Waals surface area contributed by atoms with Gasteiger partial charge in [0.15, 0.2) is 11.6 Å². The number of anilines is 2. The summed E-state index contributed by atoms with van der Waals surface area (Å²) in [4.78, 5) is 27.1. The molecule has 0 atom stereocenters. The Morgan fingerprint density at radius 3 is 2.47 bits per heavy atom. The number of ether oxygens (including phenoxy) is 1. The molecular formula is C19H16F5N3O3. The van der Waals surface area contributed by atoms with Crippen molar-refractivity contribution in [1.82, 2.24) is 4.90 Å². The molecule has 0 bridgehead atoms. The Morgan fingerprint density at radius 2 is 1.83 bits per heavy atom. The van der Waals surface area contributed by atoms with Gasteiger partial charge in [0.1, 0.15) is 12.3 Å². The molecule has 1 aliphatic rings. The maximum Gasteiger partial charge on any atom is 0.416 e. The minimum Gasteiger partial charge on any atom is -0.495 e. The number of amides is 3. The Morgan fingerprint density at radius 1 is 1.10 bits per heavy atom. The summed E-state index contributed by atoms with van der Waals surface area (Å²) in [5, 5.41) is 2.31. The Bertz CT molecular complexity index is 980. The SMILES string of the molecule is COc1ccc(C(F)(F)F)cc1NC(=O)CN1CCN(c2ccc(F)c(F)c2)C1=O. The van der Waals surface area contributed by atoms with Crippen molar-refractivity contribution in [2.24, 2.45) is 0 Å². The molecule has 1 fully saturated rings. The van der Waals surface area contributed by atoms with Gasteiger partial charge in [-0.15, -0.1) is 0 Å². The Kier molecular flexibility index (Phi) is 5.81. The molecule has 0 saturated carbocycles. The van der Waals surface area contributed by atoms with Crippen LogP contribution in [0.1, 0.15) is 5.56 Å². The van der Waals surface area contributed by atoms with E-state index >= 15 is 0 Å². The third kappa shape index (κ3) is 4.44. The number of urea groups is 1. The molecule has 1 N–H and O–H groups in total. The maximum absolute atomic E-state index is 13.4. The van der Waals surface area contributed by atoms with E-state index in [4.69, 9.17) is 4.74 Å². The monoisotopic (exact) mass is 429 g/mol. The van der Waals surface area contributed by atoms with Crippen LogP contribution in [0.2, 0.25) is 0 Å². The number of hydrogen-bond donors (Lipinski definition) is 1. The molecule has 3 rings (SSSR count). The van der Waals surface area contributed by atoms with E-state index in [1.165, 1.54) is 18.1 Å². The summed E-state index contributed by atoms with van der Waals surface area (Å²) in [5.41, 5.74) is -1.04. The van der Waals surface area contributed by atoms with Crippen molar-refractivity contribution in [3.8, 4) is 5.75 Å². The van der Waals surface area contributed by atoms with Crippen molar-refractivity contribution in [2.75, 3.05) is 37.0 Å². The van der Waals surface area contributed by atoms with Crippen LogP contribution in [0.5, 0.6) is 5.75 Å². The number of carbonyl (C=O) groups is 2. The minimum atomic E-state index is -4.61. The highest BCUT2D eigenvalue weighted by atomic mass is 19.4. The predicted molar refractivity (Wildman–Crippen MR) is 97.3 cm³/mol. The van der Waals surface area contributed by atoms with Crippen LogP contribution in [0.25, 0.3) is 0 Å². The summed E-state index contributed by atoms with van der Waals surface area (Å²) in [6, 6.07) is 4.98. The first-order valence-corrected chi connectivity index (χ1v) is 8.66. The van der Waals surface area contributed by atoms with Crippen LogP contribution < -0.4 is 15.0 Å². The van der Waals surface area contributed by atoms with Gasteiger partial charge in [-0.05, 0) is 30.3 Å². The van der Waals surface area contributed by atoms with Gasteiger partial charge in [-0.25, -0.2) is 13.6 Å². The van der Waals surface area contributed by atoms with Crippen LogP contribution in [0.3, 0.4) is 0 Å². The molecule has 160 valence electrons. The topological polar surface area (TPSA) is 61.9 Å². The summed E-state index contributed by atoms with van der Waals surface area (Å²) < 4.78 is 70.2. The largest absolute Gasteiger partial charge is 0.495 e. The highest BCUT2D eigenvalue weighted by Gasteiger charge is 2.33. The summed E-state index contributed by atoms with van der Waals surface area (Å²) >= 11 is 0. The van der Waals surface area contributed by atoms with Gasteiger partial charge in [0, 0.05) is 24.8 Å². The molecule has 2 aromatic rings. The smallest absolute Gasteiger partial charge is 0.416 e. The zero-order valence-electron chi connectivity index (χ0n) is 15.6. The van der Waals surface area contributed by atoms with Crippen LogP contribution in [-0.4, -0.2) is 43.6 Å². The van der Waals surface area contributed by atoms with Crippen molar-refractivity contribution in [2.45, 2.75) is 6.18 Å². The third-order valence-corrected chi connectivity index (χ3v) is 4.45. The van der Waals surface area contributed by atoms with Crippen LogP contribution in [0.15, 0.2) is 36.4 Å². The molecule has 2 aromatic carbocycles. The number of nitrogens with one attached hydrogen (secondary N) is 1. The molecule has 1 saturated heterocycles. The van der Waals surface area contributed by atoms with Crippen LogP contribution >= 0.6 is 0 Å². The molecule has 6 nitrogen and oxygen atoms in total. The summed E-state index contributed by atoms with van der Waals surface area (Å²) in [7, 11) is 1.24. The van der Waals surface area contributed by atoms with Gasteiger partial charge in [0.2, 0.25) is 5.91 Å². The number of methoxy groups -OCH3 is 1. The lowest BCUT2D eigenvalue weighted by molar-refractivity contribution is -0.137. The van der Waals surface area contributed by atoms with Gasteiger partial charge in [-0.1, -0.05) is 0 Å². The average molecular weight is 429 g/mol. The second-order valence-electron chi connectivity index (χ2n) is 6.42. The van der Waals surface area contributed by atoms with Gasteiger partial charge in [-0.3, -0.25) is 9.69 Å². The summed E-state index contributed by atoms with van der Waals surface area (Å²) in [5.74, 6) is -2.90. The second kappa shape index (κ2) is 8.17. The molecule has 0 spiro atoms. The van der Waals surface area contributed by atoms with Crippen LogP contribution in [-0.2, 0) is 11.0 Å². The van der Waals surface area contributed by atoms with Crippen molar-refractivity contribution in [1.29, 1.82) is 0 Å². The molecule has 0 aromatic heterocycles. The fourth-order valence-electron chi connectivity index (χ4n) is 2.97. The zero-order chi connectivity index (χ0) is 22.1. The Hall–Kier alpha value is -3.37. The normalized spacial score (nSPS) is 14.3. The molecular weight excluding hydrogens is 413 g/mol. The predicted octanol–water partition coefficient (Wildman–Crippen LogP) is 3.87. The first-order valence-electron chi connectivity index (χ1n) is 8.66. The van der Waals surface area contributed by atoms with Crippen molar-refractivity contribution >= 4 is 23.3 Å². The highest BCUT2D eigenvalue weighted by Crippen LogP contribution is 2.35. The quantitative estimate of drug-likeness (QED) is 0.734. The molecule has 11 heteroatoms. The number of halogens is 5. The van der Waals surface area contributed by atoms with E-state index in [0.29, 0.717) is 0 Å². The standard InChI is InChI=1S/C19H16F5N3O3/c1-30-16-5-2-11(19(22,23)24)8-15(16)25-17(28)10-26-6-7-27(18(26)29)12-3-4-13(20)14(21)9-12/h2-5,8-9H,6-7,10H2,1H3,(H,25,28). The van der Waals surface area contributed by atoms with E-state index in [-0.39, 0.29) is 30.2 Å². The van der Waals surface area contributed by atoms with E-state index in [1.54, 1.807) is 0 Å². The average Bonchev–Trinajstić information content (AvgIpc) is 3.03. The van der Waals surface area contributed by atoms with E-state index < -0.39 is 41.9 Å². The lowest BCUT2D eigenvalue weighted by Gasteiger charge is -2.19. The van der Waals surface area contributed by atoms with E-state index in [9.17, 15) is 31.5 Å². The van der Waals surface area contributed by atoms with Crippen LogP contribution in [0, 0.1) is 11.6 Å². The molecule has 3 amide bonds. The molecule has 0 unspecified atom stereocenters. The van der Waals surface area contributed by atoms with E-state index in [2.05, 4.69) is 5.32 Å². The first-order chi connectivity index (χ1) is 14.1. The summed E-state index contributed by atoms with van der Waals surface area (Å²) in [6.45, 7) is -0.201. The van der Waals surface area contributed by atoms with Gasteiger partial charge in [0.25, 0.3) is 0 Å². The number of alkyl halides is 3. The molecule has 1 heterocycles. The van der Waals surface area contributed by atoms with E-state index in [1.807, 2.05) is 0 Å². The number of nitrogens with zero attached hydrogens (tertiary/aromatic N) is 2. The van der Waals surface area contributed by atoms with Crippen molar-refractivity contribution in [3.63, 3.8) is 0 Å². The molecule has 0 radical (unpaired) electrons. The van der Waals surface area contributed by atoms with Crippen molar-refractivity contribution < 1.29 is 36.3 Å². The summed E-state index contributed by atoms with van der Waals surface area (Å²) in [6.07, 6.45) is -4.61. The molecule has 30 heavy (non-hydrogen) atoms. The van der Waals surface area contributed by atoms with E-state index in [0.717, 1.165) is 35.2 Å². The maximum atomic E-state index is 13.4. The van der Waals surface area contributed by atoms with Crippen molar-refractivity contribution in [3.05, 3.63) is 53.6 Å². The highest BCUT2D eigenvalue weighted by molar-refractivity contribution is 5.99. The number of carbonyl (C=O) groups excluding carboxylic acids is 2. The Balaban J connectivity index is 1.70. The number of hydrogen-bond acceptors (Lipinski definition) is 3. The first kappa shape index (κ1) is 21.3. The van der Waals surface area contributed by atoms with Gasteiger partial charge >= 0.3 is 12.2 Å². The number of benzene rings is 2. The zero-order valence-corrected chi connectivity index (χ0v) is 15.6. The van der Waals surface area contributed by atoms with Gasteiger partial charge < -0.3 is 15.0 Å². The molecule has 1 aliphatic heterocycles. The second-order valence-corrected chi connectivity index (χ2v) is 6.42. The fraction of sp³-hybridized carbons (Fsp3) is 0.263. The molecule has 0 aliphatic carbocycles. The minimum absolute atomic E-state index is 0.0208. The van der Waals surface area contributed by atoms with Gasteiger partial charge in [0.05, 0.1) is 18.4 Å². The van der Waals surface area contributed by atoms with Gasteiger partial charge in [-0.2, -0.15) is 13.2 Å². The lowest BCUT2D eigenvalue weighted by atomic mass is 10.1.